The van der Waals surface area contributed by atoms with Crippen LogP contribution in [0.3, 0.4) is 0 Å². The molecule has 6 heteroatoms. The van der Waals surface area contributed by atoms with Crippen LogP contribution in [0.25, 0.3) is 0 Å². The lowest BCUT2D eigenvalue weighted by Gasteiger charge is -2.22. The van der Waals surface area contributed by atoms with Crippen molar-refractivity contribution in [2.24, 2.45) is 10.4 Å². The van der Waals surface area contributed by atoms with Crippen molar-refractivity contribution in [1.82, 2.24) is 16.0 Å². The number of amides is 1. The molecule has 25 heavy (non-hydrogen) atoms. The molecule has 0 aromatic heterocycles. The van der Waals surface area contributed by atoms with Crippen molar-refractivity contribution in [3.05, 3.63) is 35.1 Å². The Kier molecular flexibility index (Phi) is 8.38. The average molecular weight is 350 g/mol. The minimum atomic E-state index is -0.564. The van der Waals surface area contributed by atoms with Crippen LogP contribution in [0.1, 0.15) is 38.8 Å². The second-order valence-electron chi connectivity index (χ2n) is 6.69. The summed E-state index contributed by atoms with van der Waals surface area (Å²) in [6, 6.07) is 4.84. The van der Waals surface area contributed by atoms with Crippen molar-refractivity contribution in [3.63, 3.8) is 0 Å². The normalized spacial score (nSPS) is 12.0. The van der Waals surface area contributed by atoms with E-state index >= 15 is 0 Å². The molecule has 0 spiro atoms. The summed E-state index contributed by atoms with van der Waals surface area (Å²) in [4.78, 5) is 16.6. The number of benzene rings is 1. The number of rotatable bonds is 8. The fraction of sp³-hybridized carbons (Fsp3) is 0.579. The Labute approximate surface area is 150 Å². The Morgan fingerprint density at radius 1 is 1.16 bits per heavy atom. The third-order valence-corrected chi connectivity index (χ3v) is 3.92. The molecule has 0 saturated carbocycles. The predicted octanol–water partition coefficient (Wildman–Crippen LogP) is 2.39. The number of aliphatic imine (C=N–C) groups is 1. The largest absolute Gasteiger partial charge is 0.357 e. The molecule has 3 N–H and O–H groups in total. The van der Waals surface area contributed by atoms with Crippen molar-refractivity contribution in [3.8, 4) is 0 Å². The zero-order chi connectivity index (χ0) is 18.9. The maximum atomic E-state index is 13.2. The molecule has 1 rings (SSSR count). The number of aryl methyl sites for hydroxylation is 1. The predicted molar refractivity (Wildman–Crippen MR) is 101 cm³/mol. The van der Waals surface area contributed by atoms with Gasteiger partial charge in [-0.05, 0) is 64.3 Å². The Bertz CT molecular complexity index is 599. The summed E-state index contributed by atoms with van der Waals surface area (Å²) >= 11 is 0. The van der Waals surface area contributed by atoms with Gasteiger partial charge in [0.15, 0.2) is 5.96 Å². The monoisotopic (exact) mass is 350 g/mol. The summed E-state index contributed by atoms with van der Waals surface area (Å²) in [5.41, 5.74) is 1.49. The first-order valence-corrected chi connectivity index (χ1v) is 8.85. The topological polar surface area (TPSA) is 65.5 Å². The molecule has 0 bridgehead atoms. The molecule has 5 nitrogen and oxygen atoms in total. The number of nitrogens with one attached hydrogen (secondary N) is 3. The maximum absolute atomic E-state index is 13.2. The van der Waals surface area contributed by atoms with E-state index in [9.17, 15) is 9.18 Å². The van der Waals surface area contributed by atoms with Gasteiger partial charge in [-0.15, -0.1) is 0 Å². The zero-order valence-corrected chi connectivity index (χ0v) is 16.0. The smallest absolute Gasteiger partial charge is 0.227 e. The number of carbonyl (C=O) groups is 1. The van der Waals surface area contributed by atoms with Gasteiger partial charge in [0.1, 0.15) is 5.82 Å². The molecule has 0 atom stereocenters. The molecule has 140 valence electrons. The van der Waals surface area contributed by atoms with Gasteiger partial charge in [0.2, 0.25) is 5.91 Å². The van der Waals surface area contributed by atoms with Crippen LogP contribution in [0.4, 0.5) is 4.39 Å². The number of guanidine groups is 1. The summed E-state index contributed by atoms with van der Waals surface area (Å²) < 4.78 is 13.2. The second kappa shape index (κ2) is 10.0. The van der Waals surface area contributed by atoms with Gasteiger partial charge in [-0.3, -0.25) is 9.79 Å². The summed E-state index contributed by atoms with van der Waals surface area (Å²) in [6.45, 7) is 12.0. The van der Waals surface area contributed by atoms with Crippen LogP contribution in [0.15, 0.2) is 23.2 Å². The van der Waals surface area contributed by atoms with Crippen molar-refractivity contribution < 1.29 is 9.18 Å². The van der Waals surface area contributed by atoms with Crippen LogP contribution in [-0.4, -0.2) is 38.0 Å². The van der Waals surface area contributed by atoms with E-state index in [2.05, 4.69) is 20.9 Å². The first-order valence-electron chi connectivity index (χ1n) is 8.85. The van der Waals surface area contributed by atoms with E-state index < -0.39 is 5.41 Å². The van der Waals surface area contributed by atoms with Crippen molar-refractivity contribution in [1.29, 1.82) is 0 Å². The fourth-order valence-corrected chi connectivity index (χ4v) is 2.35. The van der Waals surface area contributed by atoms with E-state index in [1.807, 2.05) is 40.7 Å². The number of nitrogens with zero attached hydrogens (tertiary/aromatic N) is 1. The number of hydrogen-bond acceptors (Lipinski definition) is 2. The summed E-state index contributed by atoms with van der Waals surface area (Å²) in [6.07, 6.45) is 0.774. The van der Waals surface area contributed by atoms with Gasteiger partial charge in [-0.1, -0.05) is 6.07 Å². The second-order valence-corrected chi connectivity index (χ2v) is 6.69. The lowest BCUT2D eigenvalue weighted by molar-refractivity contribution is -0.128. The zero-order valence-electron chi connectivity index (χ0n) is 16.0. The Hall–Kier alpha value is -2.11. The molecule has 1 amide bonds. The van der Waals surface area contributed by atoms with Gasteiger partial charge in [-0.2, -0.15) is 0 Å². The Morgan fingerprint density at radius 2 is 1.84 bits per heavy atom. The lowest BCUT2D eigenvalue weighted by atomic mass is 9.92. The Balaban J connectivity index is 2.62. The molecule has 0 aliphatic carbocycles. The molecule has 0 aliphatic heterocycles. The number of carbonyl (C=O) groups excluding carboxylic acids is 1. The van der Waals surface area contributed by atoms with E-state index in [4.69, 9.17) is 0 Å². The molecule has 0 aliphatic rings. The van der Waals surface area contributed by atoms with Gasteiger partial charge in [0, 0.05) is 19.6 Å². The highest BCUT2D eigenvalue weighted by Crippen LogP contribution is 2.15. The van der Waals surface area contributed by atoms with Crippen LogP contribution in [0.5, 0.6) is 0 Å². The molecule has 0 heterocycles. The molecule has 0 saturated heterocycles. The first kappa shape index (κ1) is 20.9. The molecule has 1 aromatic carbocycles. The molecule has 0 unspecified atom stereocenters. The van der Waals surface area contributed by atoms with Gasteiger partial charge in [0.25, 0.3) is 0 Å². The molecular formula is C19H31FN4O. The molecule has 0 fully saturated rings. The van der Waals surface area contributed by atoms with Gasteiger partial charge < -0.3 is 16.0 Å². The summed E-state index contributed by atoms with van der Waals surface area (Å²) in [5.74, 6) is 0.466. The highest BCUT2D eigenvalue weighted by molar-refractivity contribution is 5.83. The van der Waals surface area contributed by atoms with Crippen LogP contribution < -0.4 is 16.0 Å². The maximum Gasteiger partial charge on any atom is 0.227 e. The molecule has 0 radical (unpaired) electrons. The van der Waals surface area contributed by atoms with E-state index in [0.29, 0.717) is 25.6 Å². The fourth-order valence-electron chi connectivity index (χ4n) is 2.35. The van der Waals surface area contributed by atoms with Gasteiger partial charge in [0.05, 0.1) is 12.0 Å². The Morgan fingerprint density at radius 3 is 2.44 bits per heavy atom. The average Bonchev–Trinajstić information content (AvgIpc) is 2.55. The van der Waals surface area contributed by atoms with Crippen LogP contribution >= 0.6 is 0 Å². The summed E-state index contributed by atoms with van der Waals surface area (Å²) in [7, 11) is 0. The van der Waals surface area contributed by atoms with E-state index in [0.717, 1.165) is 24.1 Å². The van der Waals surface area contributed by atoms with Crippen LogP contribution in [0.2, 0.25) is 0 Å². The van der Waals surface area contributed by atoms with Crippen LogP contribution in [0, 0.1) is 18.2 Å². The number of hydrogen-bond donors (Lipinski definition) is 3. The third kappa shape index (κ3) is 7.11. The molecule has 1 aromatic rings. The van der Waals surface area contributed by atoms with Crippen molar-refractivity contribution >= 4 is 11.9 Å². The quantitative estimate of drug-likeness (QED) is 0.498. The summed E-state index contributed by atoms with van der Waals surface area (Å²) in [5, 5.41) is 9.29. The van der Waals surface area contributed by atoms with E-state index in [1.54, 1.807) is 6.07 Å². The van der Waals surface area contributed by atoms with Crippen molar-refractivity contribution in [2.45, 2.75) is 41.0 Å². The van der Waals surface area contributed by atoms with Crippen molar-refractivity contribution in [2.75, 3.05) is 26.2 Å². The van der Waals surface area contributed by atoms with E-state index in [-0.39, 0.29) is 11.7 Å². The minimum absolute atomic E-state index is 0.00321. The minimum Gasteiger partial charge on any atom is -0.357 e. The SMILES string of the molecule is CCNC(=O)C(C)(C)CN=C(NCC)NCCc1ccc(F)cc1C. The van der Waals surface area contributed by atoms with Gasteiger partial charge in [-0.25, -0.2) is 4.39 Å². The highest BCUT2D eigenvalue weighted by atomic mass is 19.1. The third-order valence-electron chi connectivity index (χ3n) is 3.92. The standard InChI is InChI=1S/C19H31FN4O/c1-6-21-17(25)19(4,5)13-24-18(22-7-2)23-11-10-15-8-9-16(20)12-14(15)3/h8-9,12H,6-7,10-11,13H2,1-5H3,(H,21,25)(H2,22,23,24). The van der Waals surface area contributed by atoms with E-state index in [1.165, 1.54) is 6.07 Å². The van der Waals surface area contributed by atoms with Gasteiger partial charge >= 0.3 is 0 Å². The molecular weight excluding hydrogens is 319 g/mol. The highest BCUT2D eigenvalue weighted by Gasteiger charge is 2.26. The number of halogens is 1. The first-order chi connectivity index (χ1) is 11.8. The lowest BCUT2D eigenvalue weighted by Crippen LogP contribution is -2.42. The van der Waals surface area contributed by atoms with Crippen LogP contribution in [-0.2, 0) is 11.2 Å².